The predicted octanol–water partition coefficient (Wildman–Crippen LogP) is 3.33. The lowest BCUT2D eigenvalue weighted by molar-refractivity contribution is -0.186. The Balaban J connectivity index is 1.25. The van der Waals surface area contributed by atoms with E-state index >= 15 is 0 Å². The molecule has 8 nitrogen and oxygen atoms in total. The van der Waals surface area contributed by atoms with E-state index in [1.54, 1.807) is 39.0 Å². The molecule has 40 heavy (non-hydrogen) atoms. The first-order valence-electron chi connectivity index (χ1n) is 13.9. The summed E-state index contributed by atoms with van der Waals surface area (Å²) in [4.78, 5) is 44.4. The zero-order valence-corrected chi connectivity index (χ0v) is 22.6. The first-order chi connectivity index (χ1) is 19.4. The number of piperazine rings is 1. The average molecular weight is 544 g/mol. The number of carbonyl (C=O) groups is 3. The number of amides is 4. The second kappa shape index (κ2) is 10.9. The number of rotatable bonds is 7. The second-order valence-electron chi connectivity index (χ2n) is 11.1. The minimum absolute atomic E-state index is 0.00610. The molecule has 4 aliphatic rings. The first-order valence-corrected chi connectivity index (χ1v) is 13.9. The van der Waals surface area contributed by atoms with E-state index in [1.807, 2.05) is 30.3 Å². The first kappa shape index (κ1) is 26.3. The summed E-state index contributed by atoms with van der Waals surface area (Å²) in [5, 5.41) is 6.10. The maximum absolute atomic E-state index is 13.9. The molecule has 2 aliphatic heterocycles. The zero-order chi connectivity index (χ0) is 27.8. The maximum atomic E-state index is 13.9. The highest BCUT2D eigenvalue weighted by Gasteiger charge is 2.51. The largest absolute Gasteiger partial charge is 0.337 e. The molecular weight excluding hydrogens is 509 g/mol. The molecule has 0 spiro atoms. The van der Waals surface area contributed by atoms with Crippen molar-refractivity contribution in [3.05, 3.63) is 95.3 Å². The molecule has 2 aliphatic carbocycles. The fraction of sp³-hybridized carbons (Fsp3) is 0.387. The number of fused-ring (bicyclic) bond motifs is 2. The molecule has 6 rings (SSSR count). The summed E-state index contributed by atoms with van der Waals surface area (Å²) in [7, 11) is 1.71. The van der Waals surface area contributed by atoms with Crippen LogP contribution in [-0.2, 0) is 22.6 Å². The molecule has 9 heteroatoms. The van der Waals surface area contributed by atoms with Crippen LogP contribution in [0.4, 0.5) is 9.18 Å². The molecule has 0 aromatic heterocycles. The highest BCUT2D eigenvalue weighted by Crippen LogP contribution is 2.45. The predicted molar refractivity (Wildman–Crippen MR) is 148 cm³/mol. The molecular formula is C31H34FN5O3. The van der Waals surface area contributed by atoms with E-state index in [4.69, 9.17) is 0 Å². The molecule has 1 N–H and O–H groups in total. The molecule has 2 unspecified atom stereocenters. The Labute approximate surface area is 233 Å². The van der Waals surface area contributed by atoms with E-state index in [0.717, 1.165) is 23.1 Å². The summed E-state index contributed by atoms with van der Waals surface area (Å²) >= 11 is 0. The smallest absolute Gasteiger partial charge is 0.334 e. The van der Waals surface area contributed by atoms with Crippen LogP contribution in [0.3, 0.4) is 0 Å². The van der Waals surface area contributed by atoms with Gasteiger partial charge in [-0.3, -0.25) is 9.59 Å². The van der Waals surface area contributed by atoms with Crippen molar-refractivity contribution < 1.29 is 18.8 Å². The van der Waals surface area contributed by atoms with Crippen LogP contribution in [0.1, 0.15) is 24.0 Å². The Hall–Kier alpha value is -3.98. The van der Waals surface area contributed by atoms with Gasteiger partial charge in [-0.05, 0) is 53.5 Å². The number of hydrogen-bond acceptors (Lipinski definition) is 4. The fourth-order valence-electron chi connectivity index (χ4n) is 6.06. The van der Waals surface area contributed by atoms with E-state index in [9.17, 15) is 18.8 Å². The van der Waals surface area contributed by atoms with Gasteiger partial charge in [0.25, 0.3) is 0 Å². The molecule has 2 aromatic rings. The number of hydrogen-bond donors (Lipinski definition) is 1. The van der Waals surface area contributed by atoms with Crippen LogP contribution in [-0.4, -0.2) is 76.6 Å². The van der Waals surface area contributed by atoms with Crippen LogP contribution in [0.2, 0.25) is 0 Å². The number of urea groups is 1. The van der Waals surface area contributed by atoms with Gasteiger partial charge in [-0.15, -0.1) is 0 Å². The lowest BCUT2D eigenvalue weighted by Gasteiger charge is -2.54. The summed E-state index contributed by atoms with van der Waals surface area (Å²) < 4.78 is 13.3. The third-order valence-electron chi connectivity index (χ3n) is 8.32. The Kier molecular flexibility index (Phi) is 7.14. The summed E-state index contributed by atoms with van der Waals surface area (Å²) in [6.07, 6.45) is 8.14. The third kappa shape index (κ3) is 5.38. The number of likely N-dealkylation sites (N-methyl/N-ethyl adjacent to an activating group) is 1. The van der Waals surface area contributed by atoms with Gasteiger partial charge in [0.15, 0.2) is 0 Å². The molecule has 4 atom stereocenters. The van der Waals surface area contributed by atoms with Gasteiger partial charge < -0.3 is 15.1 Å². The molecule has 2 heterocycles. The van der Waals surface area contributed by atoms with Crippen LogP contribution in [0, 0.1) is 17.7 Å². The molecule has 4 amide bonds. The molecule has 208 valence electrons. The topological polar surface area (TPSA) is 76.2 Å². The van der Waals surface area contributed by atoms with E-state index in [-0.39, 0.29) is 43.3 Å². The van der Waals surface area contributed by atoms with Crippen LogP contribution in [0.25, 0.3) is 0 Å². The molecule has 1 saturated carbocycles. The molecule has 0 radical (unpaired) electrons. The summed E-state index contributed by atoms with van der Waals surface area (Å²) in [6, 6.07) is 14.9. The van der Waals surface area contributed by atoms with E-state index < -0.39 is 12.2 Å². The quantitative estimate of drug-likeness (QED) is 0.582. The highest BCUT2D eigenvalue weighted by molar-refractivity contribution is 5.91. The van der Waals surface area contributed by atoms with Crippen LogP contribution >= 0.6 is 0 Å². The summed E-state index contributed by atoms with van der Waals surface area (Å²) in [6.45, 7) is 0.923. The van der Waals surface area contributed by atoms with Crippen molar-refractivity contribution in [2.75, 3.05) is 26.7 Å². The van der Waals surface area contributed by atoms with Crippen molar-refractivity contribution in [2.45, 2.75) is 38.0 Å². The van der Waals surface area contributed by atoms with E-state index in [0.29, 0.717) is 31.2 Å². The van der Waals surface area contributed by atoms with Gasteiger partial charge in [-0.1, -0.05) is 60.7 Å². The minimum atomic E-state index is -0.686. The van der Waals surface area contributed by atoms with Crippen molar-refractivity contribution in [3.63, 3.8) is 0 Å². The van der Waals surface area contributed by atoms with Gasteiger partial charge in [-0.2, -0.15) is 0 Å². The lowest BCUT2D eigenvalue weighted by Crippen LogP contribution is -2.76. The third-order valence-corrected chi connectivity index (χ3v) is 8.32. The zero-order valence-electron chi connectivity index (χ0n) is 22.6. The van der Waals surface area contributed by atoms with Crippen molar-refractivity contribution in [1.82, 2.24) is 25.1 Å². The standard InChI is InChI=1S/C31H34FN5O3/c1-34-20-29(38)36-27(16-23-7-10-24-17-25(24)15-23)30(39)35(14-13-21-5-3-2-4-6-21)19-28(36)37(34)31(40)33-18-22-8-11-26(32)12-9-22/h2-12,15,24-25,27-28H,13-14,16-20H2,1H3,(H,33,40)/t24?,25?,27-,28-/m0/s1. The van der Waals surface area contributed by atoms with Gasteiger partial charge in [0.2, 0.25) is 11.8 Å². The monoisotopic (exact) mass is 543 g/mol. The van der Waals surface area contributed by atoms with Gasteiger partial charge in [0, 0.05) is 26.6 Å². The summed E-state index contributed by atoms with van der Waals surface area (Å²) in [5.41, 5.74) is 2.95. The van der Waals surface area contributed by atoms with Gasteiger partial charge in [-0.25, -0.2) is 19.2 Å². The van der Waals surface area contributed by atoms with Crippen LogP contribution in [0.15, 0.2) is 78.4 Å². The number of benzene rings is 2. The number of nitrogens with one attached hydrogen (secondary N) is 1. The Bertz CT molecular complexity index is 1340. The number of halogens is 1. The van der Waals surface area contributed by atoms with Crippen molar-refractivity contribution in [1.29, 1.82) is 0 Å². The Morgan fingerprint density at radius 3 is 2.55 bits per heavy atom. The lowest BCUT2D eigenvalue weighted by atomic mass is 9.95. The highest BCUT2D eigenvalue weighted by atomic mass is 19.1. The van der Waals surface area contributed by atoms with Crippen LogP contribution in [0.5, 0.6) is 0 Å². The number of hydrazine groups is 1. The minimum Gasteiger partial charge on any atom is -0.337 e. The number of nitrogens with zero attached hydrogens (tertiary/aromatic N) is 4. The van der Waals surface area contributed by atoms with E-state index in [2.05, 4.69) is 23.5 Å². The van der Waals surface area contributed by atoms with Crippen molar-refractivity contribution in [3.8, 4) is 0 Å². The second-order valence-corrected chi connectivity index (χ2v) is 11.1. The molecule has 2 aromatic carbocycles. The Morgan fingerprint density at radius 2 is 1.80 bits per heavy atom. The van der Waals surface area contributed by atoms with Gasteiger partial charge in [0.05, 0.1) is 13.1 Å². The average Bonchev–Trinajstić information content (AvgIpc) is 3.73. The van der Waals surface area contributed by atoms with Crippen molar-refractivity contribution >= 4 is 17.8 Å². The Morgan fingerprint density at radius 1 is 1.02 bits per heavy atom. The SMILES string of the molecule is CN1CC(=O)N2[C@@H](CC3=CC4CC4C=C3)C(=O)N(CCc3ccccc3)C[C@@H]2N1C(=O)NCc1ccc(F)cc1. The maximum Gasteiger partial charge on any atom is 0.334 e. The van der Waals surface area contributed by atoms with E-state index in [1.165, 1.54) is 12.1 Å². The number of carbonyl (C=O) groups excluding carboxylic acids is 3. The normalized spacial score (nSPS) is 25.9. The van der Waals surface area contributed by atoms with Crippen molar-refractivity contribution in [2.24, 2.45) is 11.8 Å². The summed E-state index contributed by atoms with van der Waals surface area (Å²) in [5.74, 6) is 0.547. The molecule has 3 fully saturated rings. The fourth-order valence-corrected chi connectivity index (χ4v) is 6.06. The number of allylic oxidation sites excluding steroid dienone is 3. The molecule has 0 bridgehead atoms. The molecule has 2 saturated heterocycles. The van der Waals surface area contributed by atoms with Gasteiger partial charge in [0.1, 0.15) is 18.0 Å². The van der Waals surface area contributed by atoms with Crippen LogP contribution < -0.4 is 5.32 Å². The van der Waals surface area contributed by atoms with Gasteiger partial charge >= 0.3 is 6.03 Å².